The summed E-state index contributed by atoms with van der Waals surface area (Å²) in [6, 6.07) is 7.13. The van der Waals surface area contributed by atoms with Crippen LogP contribution >= 0.6 is 45.9 Å². The highest BCUT2D eigenvalue weighted by molar-refractivity contribution is 7.16. The van der Waals surface area contributed by atoms with Crippen molar-refractivity contribution in [1.29, 1.82) is 0 Å². The average molecular weight is 349 g/mol. The van der Waals surface area contributed by atoms with Crippen molar-refractivity contribution < 1.29 is 4.79 Å². The van der Waals surface area contributed by atoms with Crippen LogP contribution in [0.25, 0.3) is 0 Å². The van der Waals surface area contributed by atoms with Crippen LogP contribution < -0.4 is 10.6 Å². The van der Waals surface area contributed by atoms with Gasteiger partial charge in [0.1, 0.15) is 0 Å². The fourth-order valence-corrected chi connectivity index (χ4v) is 3.83. The first-order chi connectivity index (χ1) is 9.45. The molecule has 0 fully saturated rings. The first-order valence-electron chi connectivity index (χ1n) is 6.03. The van der Waals surface area contributed by atoms with Crippen molar-refractivity contribution in [2.24, 2.45) is 0 Å². The number of carbonyl (C=O) groups excluding carboxylic acids is 1. The highest BCUT2D eigenvalue weighted by Gasteiger charge is 2.15. The lowest BCUT2D eigenvalue weighted by molar-refractivity contribution is 0.235. The molecular weight excluding hydrogens is 335 g/mol. The van der Waals surface area contributed by atoms with E-state index in [4.69, 9.17) is 23.2 Å². The fraction of sp³-hybridized carbons (Fsp3) is 0.308. The van der Waals surface area contributed by atoms with E-state index in [0.29, 0.717) is 0 Å². The van der Waals surface area contributed by atoms with Crippen molar-refractivity contribution in [1.82, 2.24) is 10.6 Å². The Balaban J connectivity index is 1.89. The Hall–Kier alpha value is -0.750. The molecule has 0 aromatic carbocycles. The lowest BCUT2D eigenvalue weighted by atomic mass is 10.2. The Kier molecular flexibility index (Phi) is 5.32. The zero-order chi connectivity index (χ0) is 14.7. The van der Waals surface area contributed by atoms with E-state index in [1.165, 1.54) is 22.7 Å². The maximum absolute atomic E-state index is 11.9. The molecule has 3 nitrogen and oxygen atoms in total. The standard InChI is InChI=1S/C13H14Cl2N2OS2/c1-7(9-3-5-11(14)19-9)16-13(18)17-8(2)10-4-6-12(15)20-10/h3-8H,1-2H3,(H2,16,17,18). The molecule has 2 heterocycles. The van der Waals surface area contributed by atoms with Gasteiger partial charge in [0, 0.05) is 9.75 Å². The van der Waals surface area contributed by atoms with Crippen molar-refractivity contribution in [3.8, 4) is 0 Å². The van der Waals surface area contributed by atoms with Crippen molar-refractivity contribution in [3.63, 3.8) is 0 Å². The number of halogens is 2. The molecule has 108 valence electrons. The van der Waals surface area contributed by atoms with Gasteiger partial charge in [-0.1, -0.05) is 23.2 Å². The number of urea groups is 1. The molecule has 0 spiro atoms. The molecule has 0 radical (unpaired) electrons. The summed E-state index contributed by atoms with van der Waals surface area (Å²) in [4.78, 5) is 14.0. The van der Waals surface area contributed by atoms with E-state index in [9.17, 15) is 4.79 Å². The van der Waals surface area contributed by atoms with Crippen LogP contribution in [0.4, 0.5) is 4.79 Å². The molecule has 0 saturated heterocycles. The van der Waals surface area contributed by atoms with Crippen molar-refractivity contribution in [3.05, 3.63) is 42.7 Å². The van der Waals surface area contributed by atoms with Gasteiger partial charge in [-0.2, -0.15) is 0 Å². The zero-order valence-electron chi connectivity index (χ0n) is 10.9. The third-order valence-corrected chi connectivity index (χ3v) is 5.56. The zero-order valence-corrected chi connectivity index (χ0v) is 14.1. The SMILES string of the molecule is CC(NC(=O)NC(C)c1ccc(Cl)s1)c1ccc(Cl)s1. The first-order valence-corrected chi connectivity index (χ1v) is 8.42. The highest BCUT2D eigenvalue weighted by atomic mass is 35.5. The summed E-state index contributed by atoms with van der Waals surface area (Å²) in [5, 5.41) is 5.78. The summed E-state index contributed by atoms with van der Waals surface area (Å²) in [6.07, 6.45) is 0. The number of rotatable bonds is 4. The quantitative estimate of drug-likeness (QED) is 0.779. The van der Waals surface area contributed by atoms with Crippen molar-refractivity contribution in [2.45, 2.75) is 25.9 Å². The van der Waals surface area contributed by atoms with E-state index in [2.05, 4.69) is 10.6 Å². The number of hydrogen-bond acceptors (Lipinski definition) is 3. The number of amides is 2. The number of nitrogens with one attached hydrogen (secondary N) is 2. The summed E-state index contributed by atoms with van der Waals surface area (Å²) >= 11 is 14.7. The van der Waals surface area contributed by atoms with E-state index in [1.54, 1.807) is 0 Å². The second-order valence-electron chi connectivity index (χ2n) is 4.34. The number of hydrogen-bond donors (Lipinski definition) is 2. The van der Waals surface area contributed by atoms with E-state index in [1.807, 2.05) is 38.1 Å². The van der Waals surface area contributed by atoms with Crippen LogP contribution in [0.2, 0.25) is 8.67 Å². The Morgan fingerprint density at radius 3 is 1.65 bits per heavy atom. The van der Waals surface area contributed by atoms with Crippen LogP contribution in [-0.2, 0) is 0 Å². The molecule has 0 saturated carbocycles. The summed E-state index contributed by atoms with van der Waals surface area (Å²) < 4.78 is 1.44. The normalized spacial score (nSPS) is 13.8. The van der Waals surface area contributed by atoms with Gasteiger partial charge in [-0.05, 0) is 38.1 Å². The maximum atomic E-state index is 11.9. The van der Waals surface area contributed by atoms with Crippen LogP contribution in [0.1, 0.15) is 35.7 Å². The molecule has 2 N–H and O–H groups in total. The lowest BCUT2D eigenvalue weighted by Gasteiger charge is -2.16. The molecule has 2 amide bonds. The van der Waals surface area contributed by atoms with Crippen LogP contribution in [-0.4, -0.2) is 6.03 Å². The fourth-order valence-electron chi connectivity index (χ4n) is 1.70. The second-order valence-corrected chi connectivity index (χ2v) is 7.84. The molecule has 2 unspecified atom stereocenters. The molecule has 2 aromatic heterocycles. The number of thiophene rings is 2. The molecule has 2 rings (SSSR count). The molecule has 0 aliphatic rings. The molecule has 0 aliphatic carbocycles. The van der Waals surface area contributed by atoms with E-state index < -0.39 is 0 Å². The Morgan fingerprint density at radius 1 is 0.950 bits per heavy atom. The van der Waals surface area contributed by atoms with Gasteiger partial charge in [-0.15, -0.1) is 22.7 Å². The second kappa shape index (κ2) is 6.80. The molecule has 2 aromatic rings. The predicted molar refractivity (Wildman–Crippen MR) is 87.2 cm³/mol. The van der Waals surface area contributed by atoms with Crippen molar-refractivity contribution >= 4 is 51.9 Å². The number of carbonyl (C=O) groups is 1. The summed E-state index contributed by atoms with van der Waals surface area (Å²) in [7, 11) is 0. The van der Waals surface area contributed by atoms with E-state index in [-0.39, 0.29) is 18.1 Å². The first kappa shape index (κ1) is 15.6. The minimum atomic E-state index is -0.209. The smallest absolute Gasteiger partial charge is 0.315 e. The topological polar surface area (TPSA) is 41.1 Å². The summed E-state index contributed by atoms with van der Waals surface area (Å²) in [5.41, 5.74) is 0. The van der Waals surface area contributed by atoms with Gasteiger partial charge in [-0.3, -0.25) is 0 Å². The molecule has 20 heavy (non-hydrogen) atoms. The third kappa shape index (κ3) is 4.12. The van der Waals surface area contributed by atoms with E-state index >= 15 is 0 Å². The molecular formula is C13H14Cl2N2OS2. The third-order valence-electron chi connectivity index (χ3n) is 2.74. The van der Waals surface area contributed by atoms with Gasteiger partial charge in [-0.25, -0.2) is 4.79 Å². The Labute approximate surface area is 135 Å². The van der Waals surface area contributed by atoms with Crippen LogP contribution in [0.3, 0.4) is 0 Å². The summed E-state index contributed by atoms with van der Waals surface area (Å²) in [5.74, 6) is 0. The van der Waals surface area contributed by atoms with Crippen LogP contribution in [0.5, 0.6) is 0 Å². The van der Waals surface area contributed by atoms with Crippen molar-refractivity contribution in [2.75, 3.05) is 0 Å². The molecule has 2 atom stereocenters. The lowest BCUT2D eigenvalue weighted by Crippen LogP contribution is -2.38. The maximum Gasteiger partial charge on any atom is 0.315 e. The Morgan fingerprint density at radius 2 is 1.35 bits per heavy atom. The molecule has 0 bridgehead atoms. The largest absolute Gasteiger partial charge is 0.331 e. The highest BCUT2D eigenvalue weighted by Crippen LogP contribution is 2.28. The van der Waals surface area contributed by atoms with Gasteiger partial charge in [0.25, 0.3) is 0 Å². The van der Waals surface area contributed by atoms with Gasteiger partial charge in [0.05, 0.1) is 20.8 Å². The molecule has 0 aliphatic heterocycles. The van der Waals surface area contributed by atoms with Gasteiger partial charge >= 0.3 is 6.03 Å². The van der Waals surface area contributed by atoms with Gasteiger partial charge in [0.15, 0.2) is 0 Å². The monoisotopic (exact) mass is 348 g/mol. The van der Waals surface area contributed by atoms with Gasteiger partial charge < -0.3 is 10.6 Å². The Bertz CT molecular complexity index is 546. The minimum Gasteiger partial charge on any atom is -0.331 e. The van der Waals surface area contributed by atoms with E-state index in [0.717, 1.165) is 18.4 Å². The van der Waals surface area contributed by atoms with Gasteiger partial charge in [0.2, 0.25) is 0 Å². The van der Waals surface area contributed by atoms with Crippen LogP contribution in [0.15, 0.2) is 24.3 Å². The average Bonchev–Trinajstić information content (AvgIpc) is 2.97. The van der Waals surface area contributed by atoms with Crippen LogP contribution in [0, 0.1) is 0 Å². The minimum absolute atomic E-state index is 0.0772. The predicted octanol–water partition coefficient (Wildman–Crippen LogP) is 5.24. The summed E-state index contributed by atoms with van der Waals surface area (Å²) in [6.45, 7) is 3.85. The molecule has 7 heteroatoms.